The van der Waals surface area contributed by atoms with Gasteiger partial charge in [0.15, 0.2) is 0 Å². The van der Waals surface area contributed by atoms with Crippen molar-refractivity contribution >= 4 is 60.9 Å². The number of nitrogens with zero attached hydrogens (tertiary/aromatic N) is 2. The number of aromatic nitrogens is 1. The van der Waals surface area contributed by atoms with Gasteiger partial charge in [-0.25, -0.2) is 0 Å². The molecule has 0 fully saturated rings. The Balaban J connectivity index is 0.969. The Labute approximate surface area is 316 Å². The first-order chi connectivity index (χ1) is 26.8. The highest BCUT2D eigenvalue weighted by molar-refractivity contribution is 6.14. The second-order valence-electron chi connectivity index (χ2n) is 14.1. The molecule has 0 bridgehead atoms. The molecule has 10 rings (SSSR count). The van der Waals surface area contributed by atoms with E-state index in [0.29, 0.717) is 0 Å². The molecular formula is C52H38N2. The van der Waals surface area contributed by atoms with E-state index in [0.717, 1.165) is 29.9 Å². The van der Waals surface area contributed by atoms with Gasteiger partial charge in [-0.05, 0) is 118 Å². The van der Waals surface area contributed by atoms with Gasteiger partial charge in [-0.3, -0.25) is 0 Å². The predicted molar refractivity (Wildman–Crippen MR) is 230 cm³/mol. The summed E-state index contributed by atoms with van der Waals surface area (Å²) in [7, 11) is 0. The highest BCUT2D eigenvalue weighted by Crippen LogP contribution is 2.40. The van der Waals surface area contributed by atoms with Gasteiger partial charge < -0.3 is 9.47 Å². The van der Waals surface area contributed by atoms with Gasteiger partial charge in [0.1, 0.15) is 0 Å². The van der Waals surface area contributed by atoms with Crippen LogP contribution in [0.4, 0.5) is 17.1 Å². The Morgan fingerprint density at radius 1 is 0.352 bits per heavy atom. The Hall–Kier alpha value is -6.90. The monoisotopic (exact) mass is 690 g/mol. The Morgan fingerprint density at radius 3 is 1.67 bits per heavy atom. The minimum absolute atomic E-state index is 0.976. The van der Waals surface area contributed by atoms with Gasteiger partial charge in [0, 0.05) is 33.5 Å². The summed E-state index contributed by atoms with van der Waals surface area (Å²) in [5, 5.41) is 5.17. The number of rotatable bonds is 7. The highest BCUT2D eigenvalue weighted by atomic mass is 15.1. The maximum Gasteiger partial charge on any atom is 0.0544 e. The van der Waals surface area contributed by atoms with Crippen molar-refractivity contribution < 1.29 is 0 Å². The summed E-state index contributed by atoms with van der Waals surface area (Å²) < 4.78 is 2.48. The zero-order valence-corrected chi connectivity index (χ0v) is 29.9. The molecular weight excluding hydrogens is 653 g/mol. The van der Waals surface area contributed by atoms with Crippen LogP contribution in [0.1, 0.15) is 18.4 Å². The van der Waals surface area contributed by atoms with Crippen molar-refractivity contribution in [3.63, 3.8) is 0 Å². The molecule has 1 heterocycles. The van der Waals surface area contributed by atoms with Gasteiger partial charge in [-0.15, -0.1) is 0 Å². The number of benzene rings is 8. The maximum absolute atomic E-state index is 2.48. The molecule has 0 atom stereocenters. The molecule has 0 saturated heterocycles. The van der Waals surface area contributed by atoms with Crippen molar-refractivity contribution in [2.24, 2.45) is 0 Å². The van der Waals surface area contributed by atoms with Gasteiger partial charge >= 0.3 is 0 Å². The largest absolute Gasteiger partial charge is 0.313 e. The van der Waals surface area contributed by atoms with E-state index < -0.39 is 0 Å². The Kier molecular flexibility index (Phi) is 8.00. The number of hydrogen-bond acceptors (Lipinski definition) is 1. The molecule has 0 aliphatic heterocycles. The number of fused-ring (bicyclic) bond motifs is 4. The van der Waals surface area contributed by atoms with Gasteiger partial charge in [0.2, 0.25) is 0 Å². The van der Waals surface area contributed by atoms with Crippen LogP contribution >= 0.6 is 0 Å². The van der Waals surface area contributed by atoms with Crippen LogP contribution in [0.3, 0.4) is 0 Å². The smallest absolute Gasteiger partial charge is 0.0544 e. The third kappa shape index (κ3) is 5.79. The van der Waals surface area contributed by atoms with Crippen molar-refractivity contribution in [1.29, 1.82) is 0 Å². The Morgan fingerprint density at radius 2 is 0.926 bits per heavy atom. The average Bonchev–Trinajstić information content (AvgIpc) is 3.57. The lowest BCUT2D eigenvalue weighted by Gasteiger charge is -2.26. The minimum atomic E-state index is 0.976. The number of hydrogen-bond donors (Lipinski definition) is 0. The van der Waals surface area contributed by atoms with E-state index >= 15 is 0 Å². The molecule has 9 aromatic rings. The number of para-hydroxylation sites is 2. The van der Waals surface area contributed by atoms with Crippen LogP contribution in [-0.2, 0) is 0 Å². The lowest BCUT2D eigenvalue weighted by molar-refractivity contribution is 0.992. The van der Waals surface area contributed by atoms with Crippen LogP contribution in [0.5, 0.6) is 0 Å². The normalized spacial score (nSPS) is 12.9. The molecule has 0 saturated carbocycles. The SMILES string of the molecule is C1=C(c2ccc(N(c3ccccc3)c3cccc(-c4ccc(-c5ccccc5)cc4)c3)cc2)CCC(n2c3ccccc3c3cc4ccccc4cc32)=C1. The highest BCUT2D eigenvalue weighted by Gasteiger charge is 2.18. The second kappa shape index (κ2) is 13.6. The molecule has 2 nitrogen and oxygen atoms in total. The summed E-state index contributed by atoms with van der Waals surface area (Å²) in [4.78, 5) is 2.35. The first kappa shape index (κ1) is 31.8. The molecule has 2 heteroatoms. The van der Waals surface area contributed by atoms with Crippen LogP contribution in [0.15, 0.2) is 206 Å². The van der Waals surface area contributed by atoms with Crippen LogP contribution in [0.25, 0.3) is 66.1 Å². The lowest BCUT2D eigenvalue weighted by Crippen LogP contribution is -2.10. The quantitative estimate of drug-likeness (QED) is 0.162. The third-order valence-electron chi connectivity index (χ3n) is 10.9. The summed E-state index contributed by atoms with van der Waals surface area (Å²) >= 11 is 0. The van der Waals surface area contributed by atoms with Crippen LogP contribution in [-0.4, -0.2) is 4.57 Å². The summed E-state index contributed by atoms with van der Waals surface area (Å²) in [6.07, 6.45) is 6.63. The van der Waals surface area contributed by atoms with E-state index in [1.54, 1.807) is 0 Å². The summed E-state index contributed by atoms with van der Waals surface area (Å²) in [5.41, 5.74) is 14.7. The van der Waals surface area contributed by atoms with Crippen molar-refractivity contribution in [3.05, 3.63) is 212 Å². The number of anilines is 3. The van der Waals surface area contributed by atoms with Crippen molar-refractivity contribution in [2.45, 2.75) is 12.8 Å². The number of allylic oxidation sites excluding steroid dienone is 4. The van der Waals surface area contributed by atoms with Crippen LogP contribution in [0, 0.1) is 0 Å². The first-order valence-electron chi connectivity index (χ1n) is 18.8. The van der Waals surface area contributed by atoms with Gasteiger partial charge in [-0.1, -0.05) is 146 Å². The second-order valence-corrected chi connectivity index (χ2v) is 14.1. The first-order valence-corrected chi connectivity index (χ1v) is 18.8. The molecule has 54 heavy (non-hydrogen) atoms. The van der Waals surface area contributed by atoms with E-state index in [4.69, 9.17) is 0 Å². The van der Waals surface area contributed by atoms with Gasteiger partial charge in [0.05, 0.1) is 11.0 Å². The average molecular weight is 691 g/mol. The van der Waals surface area contributed by atoms with Crippen molar-refractivity contribution in [1.82, 2.24) is 4.57 Å². The summed E-state index contributed by atoms with van der Waals surface area (Å²) in [6, 6.07) is 70.3. The minimum Gasteiger partial charge on any atom is -0.313 e. The molecule has 0 radical (unpaired) electrons. The third-order valence-corrected chi connectivity index (χ3v) is 10.9. The topological polar surface area (TPSA) is 8.17 Å². The van der Waals surface area contributed by atoms with Gasteiger partial charge in [-0.2, -0.15) is 0 Å². The van der Waals surface area contributed by atoms with E-state index in [9.17, 15) is 0 Å². The lowest BCUT2D eigenvalue weighted by atomic mass is 9.95. The zero-order chi connectivity index (χ0) is 35.8. The van der Waals surface area contributed by atoms with Crippen LogP contribution < -0.4 is 4.90 Å². The van der Waals surface area contributed by atoms with Crippen molar-refractivity contribution in [2.75, 3.05) is 4.90 Å². The van der Waals surface area contributed by atoms with Crippen molar-refractivity contribution in [3.8, 4) is 22.3 Å². The standard InChI is InChI=1S/C52H38N2/c1-3-12-37(13-4-1)38-22-24-41(25-23-38)42-16-11-19-48(34-42)53(45-17-5-2-6-18-45)46-30-26-39(27-31-46)40-28-32-47(33-29-40)54-51-21-10-9-20-49(51)50-35-43-14-7-8-15-44(43)36-52(50)54/h1-28,30-32,34-36H,29,33H2. The molecule has 1 aromatic heterocycles. The molecule has 0 amide bonds. The van der Waals surface area contributed by atoms with Gasteiger partial charge in [0.25, 0.3) is 0 Å². The van der Waals surface area contributed by atoms with E-state index in [1.807, 2.05) is 0 Å². The summed E-state index contributed by atoms with van der Waals surface area (Å²) in [6.45, 7) is 0. The molecule has 8 aromatic carbocycles. The van der Waals surface area contributed by atoms with E-state index in [1.165, 1.54) is 71.7 Å². The molecule has 1 aliphatic rings. The molecule has 1 aliphatic carbocycles. The van der Waals surface area contributed by atoms with Crippen LogP contribution in [0.2, 0.25) is 0 Å². The zero-order valence-electron chi connectivity index (χ0n) is 29.9. The summed E-state index contributed by atoms with van der Waals surface area (Å²) in [5.74, 6) is 0. The molecule has 0 N–H and O–H groups in total. The van der Waals surface area contributed by atoms with E-state index in [-0.39, 0.29) is 0 Å². The maximum atomic E-state index is 2.48. The fourth-order valence-electron chi connectivity index (χ4n) is 8.18. The molecule has 0 unspecified atom stereocenters. The Bertz CT molecular complexity index is 2840. The fraction of sp³-hybridized carbons (Fsp3) is 0.0385. The fourth-order valence-corrected chi connectivity index (χ4v) is 8.18. The predicted octanol–water partition coefficient (Wildman–Crippen LogP) is 14.5. The molecule has 256 valence electrons. The van der Waals surface area contributed by atoms with E-state index in [2.05, 4.69) is 216 Å². The molecule has 0 spiro atoms.